The van der Waals surface area contributed by atoms with Crippen molar-refractivity contribution in [1.82, 2.24) is 10.2 Å². The number of carbonyl (C=O) groups is 2. The van der Waals surface area contributed by atoms with Crippen LogP contribution in [0.1, 0.15) is 30.5 Å². The predicted molar refractivity (Wildman–Crippen MR) is 186 cm³/mol. The molecule has 46 heavy (non-hydrogen) atoms. The number of hydrogen-bond acceptors (Lipinski definition) is 4. The predicted octanol–water partition coefficient (Wildman–Crippen LogP) is 7.56. The third-order valence-electron chi connectivity index (χ3n) is 7.32. The van der Waals surface area contributed by atoms with Crippen LogP contribution in [-0.2, 0) is 32.6 Å². The van der Waals surface area contributed by atoms with Crippen LogP contribution in [0, 0.1) is 12.8 Å². The lowest BCUT2D eigenvalue weighted by Gasteiger charge is -2.34. The van der Waals surface area contributed by atoms with Crippen molar-refractivity contribution in [2.75, 3.05) is 17.4 Å². The summed E-state index contributed by atoms with van der Waals surface area (Å²) < 4.78 is 29.3. The van der Waals surface area contributed by atoms with E-state index in [0.717, 1.165) is 15.4 Å². The molecule has 0 radical (unpaired) electrons. The van der Waals surface area contributed by atoms with Crippen LogP contribution < -0.4 is 9.62 Å². The van der Waals surface area contributed by atoms with Crippen LogP contribution in [0.25, 0.3) is 0 Å². The van der Waals surface area contributed by atoms with Gasteiger partial charge in [0.15, 0.2) is 0 Å². The number of nitrogens with one attached hydrogen (secondary N) is 1. The van der Waals surface area contributed by atoms with E-state index in [0.29, 0.717) is 22.2 Å². The minimum absolute atomic E-state index is 0.00590. The first-order chi connectivity index (χ1) is 21.9. The second kappa shape index (κ2) is 15.8. The summed E-state index contributed by atoms with van der Waals surface area (Å²) in [6, 6.07) is 26.0. The summed E-state index contributed by atoms with van der Waals surface area (Å²) in [5.41, 5.74) is 2.37. The maximum absolute atomic E-state index is 14.6. The number of carbonyl (C=O) groups excluding carboxylic acids is 2. The number of sulfonamides is 1. The number of rotatable bonds is 13. The number of nitrogens with zero attached hydrogens (tertiary/aromatic N) is 2. The fourth-order valence-electron chi connectivity index (χ4n) is 4.81. The second-order valence-electron chi connectivity index (χ2n) is 11.4. The summed E-state index contributed by atoms with van der Waals surface area (Å²) >= 11 is 19.3. The van der Waals surface area contributed by atoms with E-state index < -0.39 is 28.5 Å². The van der Waals surface area contributed by atoms with Crippen LogP contribution in [-0.4, -0.2) is 44.3 Å². The molecule has 7 nitrogen and oxygen atoms in total. The fraction of sp³-hybridized carbons (Fsp3) is 0.257. The first-order valence-electron chi connectivity index (χ1n) is 14.8. The highest BCUT2D eigenvalue weighted by atomic mass is 35.5. The maximum Gasteiger partial charge on any atom is 0.264 e. The van der Waals surface area contributed by atoms with Gasteiger partial charge in [0.05, 0.1) is 15.6 Å². The average molecular weight is 701 g/mol. The van der Waals surface area contributed by atoms with Crippen LogP contribution >= 0.6 is 34.8 Å². The molecule has 0 saturated heterocycles. The van der Waals surface area contributed by atoms with Gasteiger partial charge in [-0.2, -0.15) is 0 Å². The molecule has 0 heterocycles. The van der Waals surface area contributed by atoms with Crippen LogP contribution in [0.5, 0.6) is 0 Å². The molecule has 4 aromatic rings. The lowest BCUT2D eigenvalue weighted by molar-refractivity contribution is -0.140. The van der Waals surface area contributed by atoms with Crippen LogP contribution in [0.3, 0.4) is 0 Å². The van der Waals surface area contributed by atoms with Crippen molar-refractivity contribution >= 4 is 62.3 Å². The number of benzene rings is 4. The van der Waals surface area contributed by atoms with Gasteiger partial charge in [-0.1, -0.05) is 115 Å². The Balaban J connectivity index is 1.83. The molecule has 4 aromatic carbocycles. The molecule has 0 aliphatic heterocycles. The van der Waals surface area contributed by atoms with E-state index >= 15 is 0 Å². The van der Waals surface area contributed by atoms with Crippen LogP contribution in [0.4, 0.5) is 5.69 Å². The smallest absolute Gasteiger partial charge is 0.264 e. The van der Waals surface area contributed by atoms with Crippen LogP contribution in [0.2, 0.25) is 15.1 Å². The molecular formula is C35H36Cl3N3O4S. The molecule has 0 bridgehead atoms. The topological polar surface area (TPSA) is 86.8 Å². The Morgan fingerprint density at radius 2 is 1.48 bits per heavy atom. The Labute approximate surface area is 286 Å². The SMILES string of the molecule is Cc1ccc(S(=O)(=O)N(CC(=O)N(Cc2ccc(Cl)cc2Cl)[C@@H](Cc2ccccc2)C(=O)NCC(C)C)c2ccccc2Cl)cc1. The van der Waals surface area contributed by atoms with E-state index in [-0.39, 0.29) is 40.4 Å². The van der Waals surface area contributed by atoms with E-state index in [1.807, 2.05) is 51.1 Å². The Morgan fingerprint density at radius 1 is 0.826 bits per heavy atom. The molecule has 0 aliphatic rings. The Kier molecular flexibility index (Phi) is 12.1. The van der Waals surface area contributed by atoms with Gasteiger partial charge in [0.1, 0.15) is 12.6 Å². The monoisotopic (exact) mass is 699 g/mol. The molecule has 0 saturated carbocycles. The van der Waals surface area contributed by atoms with E-state index in [2.05, 4.69) is 5.32 Å². The molecule has 2 amide bonds. The summed E-state index contributed by atoms with van der Waals surface area (Å²) in [4.78, 5) is 29.8. The van der Waals surface area contributed by atoms with Crippen molar-refractivity contribution in [3.63, 3.8) is 0 Å². The van der Waals surface area contributed by atoms with E-state index in [1.54, 1.807) is 54.6 Å². The van der Waals surface area contributed by atoms with Gasteiger partial charge in [0, 0.05) is 29.6 Å². The number of aryl methyl sites for hydroxylation is 1. The highest BCUT2D eigenvalue weighted by Gasteiger charge is 2.35. The molecule has 242 valence electrons. The zero-order valence-corrected chi connectivity index (χ0v) is 28.9. The van der Waals surface area contributed by atoms with Crippen LogP contribution in [0.15, 0.2) is 102 Å². The van der Waals surface area contributed by atoms with Gasteiger partial charge in [0.25, 0.3) is 10.0 Å². The van der Waals surface area contributed by atoms with Gasteiger partial charge in [-0.05, 0) is 60.4 Å². The molecule has 0 spiro atoms. The molecule has 4 rings (SSSR count). The average Bonchev–Trinajstić information content (AvgIpc) is 3.02. The van der Waals surface area contributed by atoms with E-state index in [1.165, 1.54) is 17.0 Å². The summed E-state index contributed by atoms with van der Waals surface area (Å²) in [6.07, 6.45) is 0.179. The minimum Gasteiger partial charge on any atom is -0.354 e. The third-order valence-corrected chi connectivity index (χ3v) is 10.0. The quantitative estimate of drug-likeness (QED) is 0.156. The molecule has 11 heteroatoms. The highest BCUT2D eigenvalue weighted by Crippen LogP contribution is 2.31. The van der Waals surface area contributed by atoms with Crippen molar-refractivity contribution < 1.29 is 18.0 Å². The lowest BCUT2D eigenvalue weighted by atomic mass is 10.0. The molecule has 0 fully saturated rings. The molecule has 0 aliphatic carbocycles. The minimum atomic E-state index is -4.28. The van der Waals surface area contributed by atoms with E-state index in [9.17, 15) is 18.0 Å². The number of anilines is 1. The number of amides is 2. The summed E-state index contributed by atoms with van der Waals surface area (Å²) in [5.74, 6) is -0.838. The first kappa shape index (κ1) is 35.3. The van der Waals surface area contributed by atoms with Gasteiger partial charge in [-0.15, -0.1) is 0 Å². The third kappa shape index (κ3) is 9.04. The number of halogens is 3. The van der Waals surface area contributed by atoms with Crippen molar-refractivity contribution in [1.29, 1.82) is 0 Å². The number of hydrogen-bond donors (Lipinski definition) is 1. The largest absolute Gasteiger partial charge is 0.354 e. The summed E-state index contributed by atoms with van der Waals surface area (Å²) in [6.45, 7) is 5.47. The van der Waals surface area contributed by atoms with Crippen molar-refractivity contribution in [2.45, 2.75) is 44.7 Å². The highest BCUT2D eigenvalue weighted by molar-refractivity contribution is 7.92. The summed E-state index contributed by atoms with van der Waals surface area (Å²) in [5, 5.41) is 3.83. The maximum atomic E-state index is 14.6. The standard InChI is InChI=1S/C35H36Cl3N3O4S/c1-24(2)21-39-35(43)33(19-26-9-5-4-6-10-26)40(22-27-15-16-28(36)20-31(27)38)34(42)23-41(32-12-8-7-11-30(32)37)46(44,45)29-17-13-25(3)14-18-29/h4-18,20,24,33H,19,21-23H2,1-3H3,(H,39,43)/t33-/m0/s1. The number of para-hydroxylation sites is 1. The van der Waals surface area contributed by atoms with Crippen molar-refractivity contribution in [3.8, 4) is 0 Å². The zero-order chi connectivity index (χ0) is 33.4. The molecule has 0 aromatic heterocycles. The van der Waals surface area contributed by atoms with E-state index in [4.69, 9.17) is 34.8 Å². The molecular weight excluding hydrogens is 665 g/mol. The molecule has 1 atom stereocenters. The van der Waals surface area contributed by atoms with Crippen molar-refractivity contribution in [3.05, 3.63) is 129 Å². The normalized spacial score (nSPS) is 12.1. The van der Waals surface area contributed by atoms with Gasteiger partial charge < -0.3 is 10.2 Å². The Bertz CT molecular complexity index is 1770. The molecule has 0 unspecified atom stereocenters. The van der Waals surface area contributed by atoms with Gasteiger partial charge in [-0.25, -0.2) is 8.42 Å². The van der Waals surface area contributed by atoms with Gasteiger partial charge in [0.2, 0.25) is 11.8 Å². The lowest BCUT2D eigenvalue weighted by Crippen LogP contribution is -2.53. The Hall–Kier alpha value is -3.56. The zero-order valence-electron chi connectivity index (χ0n) is 25.8. The molecule has 1 N–H and O–H groups in total. The van der Waals surface area contributed by atoms with Crippen molar-refractivity contribution in [2.24, 2.45) is 5.92 Å². The second-order valence-corrected chi connectivity index (χ2v) is 14.5. The van der Waals surface area contributed by atoms with Gasteiger partial charge >= 0.3 is 0 Å². The summed E-state index contributed by atoms with van der Waals surface area (Å²) in [7, 11) is -4.28. The van der Waals surface area contributed by atoms with Gasteiger partial charge in [-0.3, -0.25) is 13.9 Å². The Morgan fingerprint density at radius 3 is 2.11 bits per heavy atom. The first-order valence-corrected chi connectivity index (χ1v) is 17.3. The fourth-order valence-corrected chi connectivity index (χ4v) is 7.00.